The normalized spacial score (nSPS) is 13.0. The van der Waals surface area contributed by atoms with Crippen LogP contribution in [0.15, 0.2) is 34.8 Å². The molecule has 3 rings (SSSR count). The number of nitrogens with zero attached hydrogens (tertiary/aromatic N) is 1. The smallest absolute Gasteiger partial charge is 0.178 e. The highest BCUT2D eigenvalue weighted by Gasteiger charge is 2.14. The lowest BCUT2D eigenvalue weighted by molar-refractivity contribution is 0.661. The number of hydrogen-bond acceptors (Lipinski definition) is 2. The van der Waals surface area contributed by atoms with E-state index in [1.807, 2.05) is 18.2 Å². The van der Waals surface area contributed by atoms with E-state index in [-0.39, 0.29) is 6.04 Å². The van der Waals surface area contributed by atoms with Crippen molar-refractivity contribution in [3.63, 3.8) is 0 Å². The van der Waals surface area contributed by atoms with E-state index >= 15 is 0 Å². The molecule has 1 N–H and O–H groups in total. The number of halogens is 2. The van der Waals surface area contributed by atoms with Gasteiger partial charge >= 0.3 is 0 Å². The van der Waals surface area contributed by atoms with E-state index in [2.05, 4.69) is 44.5 Å². The third kappa shape index (κ3) is 2.40. The summed E-state index contributed by atoms with van der Waals surface area (Å²) in [6.07, 6.45) is 0. The number of benzene rings is 1. The fourth-order valence-electron chi connectivity index (χ4n) is 2.17. The summed E-state index contributed by atoms with van der Waals surface area (Å²) in [5, 5.41) is 0. The van der Waals surface area contributed by atoms with Crippen LogP contribution in [-0.4, -0.2) is 9.55 Å². The maximum absolute atomic E-state index is 6.01. The number of nitrogens with one attached hydrogen (secondary N) is 1. The van der Waals surface area contributed by atoms with Gasteiger partial charge in [0.25, 0.3) is 0 Å². The minimum Gasteiger partial charge on any atom is -0.331 e. The Bertz CT molecular complexity index is 802. The molecule has 0 bridgehead atoms. The van der Waals surface area contributed by atoms with Gasteiger partial charge in [-0.1, -0.05) is 27.5 Å². The van der Waals surface area contributed by atoms with Crippen LogP contribution in [0.1, 0.15) is 17.8 Å². The number of imidazole rings is 1. The lowest BCUT2D eigenvalue weighted by atomic mass is 10.2. The Labute approximate surface area is 133 Å². The topological polar surface area (TPSA) is 20.7 Å². The quantitative estimate of drug-likeness (QED) is 0.564. The van der Waals surface area contributed by atoms with Crippen molar-refractivity contribution < 1.29 is 0 Å². The summed E-state index contributed by atoms with van der Waals surface area (Å²) in [6.45, 7) is 2.13. The molecule has 2 aromatic heterocycles. The number of hydrogen-bond donors (Lipinski definition) is 1. The molecular weight excluding hydrogens is 364 g/mol. The van der Waals surface area contributed by atoms with Gasteiger partial charge in [-0.25, -0.2) is 0 Å². The molecule has 2 heterocycles. The molecule has 1 atom stereocenters. The summed E-state index contributed by atoms with van der Waals surface area (Å²) in [4.78, 5) is 4.44. The summed E-state index contributed by atoms with van der Waals surface area (Å²) in [5.41, 5.74) is 2.14. The second-order valence-electron chi connectivity index (χ2n) is 4.28. The largest absolute Gasteiger partial charge is 0.331 e. The molecule has 0 aliphatic heterocycles. The van der Waals surface area contributed by atoms with Gasteiger partial charge in [-0.05, 0) is 49.5 Å². The van der Waals surface area contributed by atoms with E-state index in [1.165, 1.54) is 4.88 Å². The average Bonchev–Trinajstić information content (AvgIpc) is 2.91. The third-order valence-electron chi connectivity index (χ3n) is 3.07. The van der Waals surface area contributed by atoms with Gasteiger partial charge in [-0.2, -0.15) is 0 Å². The van der Waals surface area contributed by atoms with Crippen LogP contribution in [0.5, 0.6) is 0 Å². The molecule has 98 valence electrons. The van der Waals surface area contributed by atoms with Crippen LogP contribution in [-0.2, 0) is 0 Å². The van der Waals surface area contributed by atoms with Crippen molar-refractivity contribution in [3.05, 3.63) is 48.8 Å². The zero-order valence-corrected chi connectivity index (χ0v) is 14.0. The fraction of sp³-hybridized carbons (Fsp3) is 0.154. The predicted octanol–water partition coefficient (Wildman–Crippen LogP) is 5.79. The maximum Gasteiger partial charge on any atom is 0.178 e. The first kappa shape index (κ1) is 13.4. The van der Waals surface area contributed by atoms with Gasteiger partial charge in [-0.3, -0.25) is 0 Å². The van der Waals surface area contributed by atoms with Gasteiger partial charge in [-0.15, -0.1) is 11.3 Å². The molecule has 0 spiro atoms. The lowest BCUT2D eigenvalue weighted by Gasteiger charge is -2.12. The molecule has 0 radical (unpaired) electrons. The fourth-order valence-corrected chi connectivity index (χ4v) is 4.00. The van der Waals surface area contributed by atoms with Crippen molar-refractivity contribution in [2.45, 2.75) is 13.0 Å². The van der Waals surface area contributed by atoms with Crippen molar-refractivity contribution in [2.24, 2.45) is 0 Å². The second-order valence-corrected chi connectivity index (χ2v) is 7.33. The van der Waals surface area contributed by atoms with Crippen LogP contribution in [0.25, 0.3) is 11.0 Å². The van der Waals surface area contributed by atoms with E-state index in [0.717, 1.165) is 24.6 Å². The third-order valence-corrected chi connectivity index (χ3v) is 5.27. The predicted molar refractivity (Wildman–Crippen MR) is 88.0 cm³/mol. The van der Waals surface area contributed by atoms with Crippen molar-refractivity contribution in [2.75, 3.05) is 0 Å². The van der Waals surface area contributed by atoms with Crippen molar-refractivity contribution >= 4 is 62.1 Å². The van der Waals surface area contributed by atoms with Crippen LogP contribution in [0.3, 0.4) is 0 Å². The number of aromatic amines is 1. The average molecular weight is 374 g/mol. The Kier molecular flexibility index (Phi) is 3.55. The molecule has 19 heavy (non-hydrogen) atoms. The van der Waals surface area contributed by atoms with Gasteiger partial charge in [0.1, 0.15) is 0 Å². The molecule has 0 amide bonds. The SMILES string of the molecule is CC(c1ccc(Cl)s1)n1c(=S)[nH]c2cc(Br)ccc21. The number of aromatic nitrogens is 2. The number of fused-ring (bicyclic) bond motifs is 1. The van der Waals surface area contributed by atoms with E-state index in [4.69, 9.17) is 23.8 Å². The Balaban J connectivity index is 2.19. The second kappa shape index (κ2) is 5.05. The van der Waals surface area contributed by atoms with Crippen molar-refractivity contribution in [1.29, 1.82) is 0 Å². The van der Waals surface area contributed by atoms with Crippen LogP contribution in [0, 0.1) is 4.77 Å². The van der Waals surface area contributed by atoms with Gasteiger partial charge < -0.3 is 9.55 Å². The Hall–Kier alpha value is -0.620. The number of thiophene rings is 1. The minimum absolute atomic E-state index is 0.167. The highest BCUT2D eigenvalue weighted by molar-refractivity contribution is 9.10. The van der Waals surface area contributed by atoms with E-state index in [9.17, 15) is 0 Å². The molecular formula is C13H10BrClN2S2. The van der Waals surface area contributed by atoms with Crippen molar-refractivity contribution in [1.82, 2.24) is 9.55 Å². The van der Waals surface area contributed by atoms with Gasteiger partial charge in [0.05, 0.1) is 21.4 Å². The summed E-state index contributed by atoms with van der Waals surface area (Å²) in [5.74, 6) is 0. The summed E-state index contributed by atoms with van der Waals surface area (Å²) >= 11 is 16.5. The minimum atomic E-state index is 0.167. The number of rotatable bonds is 2. The lowest BCUT2D eigenvalue weighted by Crippen LogP contribution is -2.04. The molecule has 1 unspecified atom stereocenters. The van der Waals surface area contributed by atoms with Crippen LogP contribution >= 0.6 is 51.1 Å². The maximum atomic E-state index is 6.01. The summed E-state index contributed by atoms with van der Waals surface area (Å²) in [6, 6.07) is 10.3. The van der Waals surface area contributed by atoms with Crippen molar-refractivity contribution in [3.8, 4) is 0 Å². The Morgan fingerprint density at radius 3 is 2.84 bits per heavy atom. The molecule has 3 aromatic rings. The standard InChI is InChI=1S/C13H10BrClN2S2/c1-7(11-4-5-12(15)19-11)17-10-3-2-8(14)6-9(10)16-13(17)18/h2-7H,1H3,(H,16,18). The van der Waals surface area contributed by atoms with Crippen LogP contribution in [0.2, 0.25) is 4.34 Å². The zero-order valence-electron chi connectivity index (χ0n) is 9.98. The van der Waals surface area contributed by atoms with Gasteiger partial charge in [0, 0.05) is 9.35 Å². The molecule has 1 aromatic carbocycles. The molecule has 2 nitrogen and oxygen atoms in total. The first-order valence-electron chi connectivity index (χ1n) is 5.71. The van der Waals surface area contributed by atoms with Crippen LogP contribution in [0.4, 0.5) is 0 Å². The number of H-pyrrole nitrogens is 1. The summed E-state index contributed by atoms with van der Waals surface area (Å²) in [7, 11) is 0. The van der Waals surface area contributed by atoms with E-state index in [1.54, 1.807) is 11.3 Å². The molecule has 0 fully saturated rings. The summed E-state index contributed by atoms with van der Waals surface area (Å²) < 4.78 is 4.69. The molecule has 0 aliphatic carbocycles. The van der Waals surface area contributed by atoms with Gasteiger partial charge in [0.2, 0.25) is 0 Å². The highest BCUT2D eigenvalue weighted by Crippen LogP contribution is 2.32. The van der Waals surface area contributed by atoms with E-state index < -0.39 is 0 Å². The van der Waals surface area contributed by atoms with E-state index in [0.29, 0.717) is 0 Å². The monoisotopic (exact) mass is 372 g/mol. The Morgan fingerprint density at radius 2 is 2.16 bits per heavy atom. The molecule has 0 saturated heterocycles. The first-order chi connectivity index (χ1) is 9.06. The first-order valence-corrected chi connectivity index (χ1v) is 8.11. The highest BCUT2D eigenvalue weighted by atomic mass is 79.9. The van der Waals surface area contributed by atoms with Gasteiger partial charge in [0.15, 0.2) is 4.77 Å². The Morgan fingerprint density at radius 1 is 1.37 bits per heavy atom. The molecule has 0 saturated carbocycles. The molecule has 0 aliphatic rings. The zero-order chi connectivity index (χ0) is 13.6. The van der Waals surface area contributed by atoms with Crippen LogP contribution < -0.4 is 0 Å². The molecule has 6 heteroatoms.